The lowest BCUT2D eigenvalue weighted by Crippen LogP contribution is -2.20. The van der Waals surface area contributed by atoms with E-state index < -0.39 is 0 Å². The van der Waals surface area contributed by atoms with Gasteiger partial charge in [-0.15, -0.1) is 0 Å². The normalized spacial score (nSPS) is 12.9. The summed E-state index contributed by atoms with van der Waals surface area (Å²) in [4.78, 5) is 0. The summed E-state index contributed by atoms with van der Waals surface area (Å²) >= 11 is 0. The third kappa shape index (κ3) is 5.38. The van der Waals surface area contributed by atoms with Gasteiger partial charge in [-0.05, 0) is 38.8 Å². The molecule has 82 valence electrons. The molecule has 0 bridgehead atoms. The van der Waals surface area contributed by atoms with Crippen molar-refractivity contribution < 1.29 is 4.74 Å². The highest BCUT2D eigenvalue weighted by atomic mass is 16.5. The summed E-state index contributed by atoms with van der Waals surface area (Å²) in [5.74, 6) is 0. The monoisotopic (exact) mass is 204 g/mol. The van der Waals surface area contributed by atoms with Gasteiger partial charge in [0.1, 0.15) is 0 Å². The van der Waals surface area contributed by atoms with Crippen LogP contribution in [0.25, 0.3) is 6.08 Å². The number of ether oxygens (including phenoxy) is 1. The first-order valence-corrected chi connectivity index (χ1v) is 5.33. The van der Waals surface area contributed by atoms with E-state index in [1.807, 2.05) is 18.2 Å². The molecule has 0 radical (unpaired) electrons. The first-order chi connectivity index (χ1) is 6.97. The highest BCUT2D eigenvalue weighted by molar-refractivity contribution is 5.52. The van der Waals surface area contributed by atoms with Gasteiger partial charge in [-0.2, -0.15) is 0 Å². The van der Waals surface area contributed by atoms with Crippen LogP contribution in [0.2, 0.25) is 0 Å². The number of rotatable bonds is 3. The van der Waals surface area contributed by atoms with Gasteiger partial charge >= 0.3 is 0 Å². The third-order valence-electron chi connectivity index (χ3n) is 1.95. The van der Waals surface area contributed by atoms with E-state index in [1.54, 1.807) is 0 Å². The van der Waals surface area contributed by atoms with Crippen molar-refractivity contribution >= 4 is 6.08 Å². The molecule has 0 atom stereocenters. The van der Waals surface area contributed by atoms with Gasteiger partial charge in [-0.3, -0.25) is 0 Å². The second-order valence-corrected chi connectivity index (χ2v) is 4.80. The van der Waals surface area contributed by atoms with E-state index in [0.29, 0.717) is 6.61 Å². The quantitative estimate of drug-likeness (QED) is 0.725. The van der Waals surface area contributed by atoms with Crippen LogP contribution < -0.4 is 0 Å². The van der Waals surface area contributed by atoms with Crippen molar-refractivity contribution in [2.24, 2.45) is 0 Å². The van der Waals surface area contributed by atoms with Crippen LogP contribution in [0.4, 0.5) is 0 Å². The minimum absolute atomic E-state index is 0.0637. The molecule has 0 aliphatic carbocycles. The highest BCUT2D eigenvalue weighted by Crippen LogP contribution is 2.11. The van der Waals surface area contributed by atoms with Gasteiger partial charge in [0, 0.05) is 0 Å². The fourth-order valence-electron chi connectivity index (χ4n) is 1.21. The van der Waals surface area contributed by atoms with Crippen LogP contribution in [-0.4, -0.2) is 12.2 Å². The molecule has 0 aliphatic heterocycles. The molecular formula is C14H20O. The van der Waals surface area contributed by atoms with Crippen molar-refractivity contribution in [2.75, 3.05) is 6.61 Å². The van der Waals surface area contributed by atoms with E-state index in [2.05, 4.69) is 45.9 Å². The van der Waals surface area contributed by atoms with Gasteiger partial charge in [0.25, 0.3) is 0 Å². The molecule has 1 rings (SSSR count). The van der Waals surface area contributed by atoms with Crippen molar-refractivity contribution in [3.63, 3.8) is 0 Å². The minimum Gasteiger partial charge on any atom is -0.372 e. The summed E-state index contributed by atoms with van der Waals surface area (Å²) in [5, 5.41) is 0. The van der Waals surface area contributed by atoms with Crippen LogP contribution in [0, 0.1) is 0 Å². The third-order valence-corrected chi connectivity index (χ3v) is 1.95. The molecule has 0 unspecified atom stereocenters. The molecule has 15 heavy (non-hydrogen) atoms. The smallest absolute Gasteiger partial charge is 0.0684 e. The zero-order valence-electron chi connectivity index (χ0n) is 10.1. The maximum absolute atomic E-state index is 5.70. The molecule has 1 heteroatoms. The summed E-state index contributed by atoms with van der Waals surface area (Å²) in [6, 6.07) is 10.3. The topological polar surface area (TPSA) is 9.23 Å². The van der Waals surface area contributed by atoms with Gasteiger partial charge in [0.2, 0.25) is 0 Å². The summed E-state index contributed by atoms with van der Waals surface area (Å²) in [5.41, 5.74) is 2.41. The van der Waals surface area contributed by atoms with E-state index in [-0.39, 0.29) is 5.60 Å². The average Bonchev–Trinajstić information content (AvgIpc) is 2.15. The van der Waals surface area contributed by atoms with E-state index >= 15 is 0 Å². The predicted molar refractivity (Wildman–Crippen MR) is 65.8 cm³/mol. The van der Waals surface area contributed by atoms with Crippen LogP contribution in [-0.2, 0) is 4.74 Å². The number of hydrogen-bond acceptors (Lipinski definition) is 1. The molecule has 0 aliphatic rings. The second-order valence-electron chi connectivity index (χ2n) is 4.80. The Bertz CT molecular complexity index is 317. The molecule has 0 N–H and O–H groups in total. The summed E-state index contributed by atoms with van der Waals surface area (Å²) in [6.07, 6.45) is 2.16. The molecule has 1 aromatic rings. The lowest BCUT2D eigenvalue weighted by Gasteiger charge is -2.19. The Morgan fingerprint density at radius 1 is 1.20 bits per heavy atom. The SMILES string of the molecule is C/C(=C\c1ccccc1)COC(C)(C)C. The number of hydrogen-bond donors (Lipinski definition) is 0. The van der Waals surface area contributed by atoms with Gasteiger partial charge in [-0.25, -0.2) is 0 Å². The lowest BCUT2D eigenvalue weighted by atomic mass is 10.1. The first-order valence-electron chi connectivity index (χ1n) is 5.33. The fraction of sp³-hybridized carbons (Fsp3) is 0.429. The number of benzene rings is 1. The van der Waals surface area contributed by atoms with Crippen LogP contribution in [0.1, 0.15) is 33.3 Å². The maximum Gasteiger partial charge on any atom is 0.0684 e. The van der Waals surface area contributed by atoms with Crippen LogP contribution in [0.3, 0.4) is 0 Å². The standard InChI is InChI=1S/C14H20O/c1-12(11-15-14(2,3)4)10-13-8-6-5-7-9-13/h5-10H,11H2,1-4H3/b12-10+. The fourth-order valence-corrected chi connectivity index (χ4v) is 1.21. The van der Waals surface area contributed by atoms with E-state index in [1.165, 1.54) is 11.1 Å². The Kier molecular flexibility index (Phi) is 4.10. The first kappa shape index (κ1) is 12.0. The largest absolute Gasteiger partial charge is 0.372 e. The predicted octanol–water partition coefficient (Wildman–Crippen LogP) is 3.91. The maximum atomic E-state index is 5.70. The molecule has 1 nitrogen and oxygen atoms in total. The van der Waals surface area contributed by atoms with E-state index in [4.69, 9.17) is 4.74 Å². The van der Waals surface area contributed by atoms with Gasteiger partial charge < -0.3 is 4.74 Å². The van der Waals surface area contributed by atoms with Crippen molar-refractivity contribution in [3.05, 3.63) is 41.5 Å². The van der Waals surface area contributed by atoms with Crippen molar-refractivity contribution in [1.29, 1.82) is 0 Å². The Morgan fingerprint density at radius 3 is 2.33 bits per heavy atom. The van der Waals surface area contributed by atoms with Gasteiger partial charge in [0.05, 0.1) is 12.2 Å². The summed E-state index contributed by atoms with van der Waals surface area (Å²) in [6.45, 7) is 9.01. The molecule has 0 saturated carbocycles. The van der Waals surface area contributed by atoms with Gasteiger partial charge in [-0.1, -0.05) is 36.4 Å². The summed E-state index contributed by atoms with van der Waals surface area (Å²) < 4.78 is 5.70. The van der Waals surface area contributed by atoms with E-state index in [9.17, 15) is 0 Å². The lowest BCUT2D eigenvalue weighted by molar-refractivity contribution is 0.0115. The molecular weight excluding hydrogens is 184 g/mol. The van der Waals surface area contributed by atoms with Gasteiger partial charge in [0.15, 0.2) is 0 Å². The van der Waals surface area contributed by atoms with Crippen molar-refractivity contribution in [3.8, 4) is 0 Å². The Labute approximate surface area is 92.8 Å². The minimum atomic E-state index is -0.0637. The molecule has 0 amide bonds. The molecule has 1 aromatic carbocycles. The average molecular weight is 204 g/mol. The Morgan fingerprint density at radius 2 is 1.80 bits per heavy atom. The van der Waals surface area contributed by atoms with E-state index in [0.717, 1.165) is 0 Å². The molecule has 0 fully saturated rings. The zero-order chi connectivity index (χ0) is 11.3. The molecule has 0 spiro atoms. The van der Waals surface area contributed by atoms with Crippen molar-refractivity contribution in [2.45, 2.75) is 33.3 Å². The zero-order valence-corrected chi connectivity index (χ0v) is 10.1. The molecule has 0 heterocycles. The second kappa shape index (κ2) is 5.13. The van der Waals surface area contributed by atoms with Crippen LogP contribution in [0.15, 0.2) is 35.9 Å². The summed E-state index contributed by atoms with van der Waals surface area (Å²) in [7, 11) is 0. The molecule has 0 saturated heterocycles. The molecule has 0 aromatic heterocycles. The Balaban J connectivity index is 2.54. The van der Waals surface area contributed by atoms with Crippen molar-refractivity contribution in [1.82, 2.24) is 0 Å². The van der Waals surface area contributed by atoms with Crippen LogP contribution >= 0.6 is 0 Å². The van der Waals surface area contributed by atoms with Crippen LogP contribution in [0.5, 0.6) is 0 Å². The Hall–Kier alpha value is -1.08. The highest BCUT2D eigenvalue weighted by Gasteiger charge is 2.09.